The minimum absolute atomic E-state index is 0.0670. The second-order valence-corrected chi connectivity index (χ2v) is 7.39. The number of benzene rings is 2. The Morgan fingerprint density at radius 2 is 1.57 bits per heavy atom. The molecule has 0 atom stereocenters. The fourth-order valence-electron chi connectivity index (χ4n) is 3.57. The van der Waals surface area contributed by atoms with Gasteiger partial charge in [0.1, 0.15) is 0 Å². The van der Waals surface area contributed by atoms with Gasteiger partial charge in [0.05, 0.1) is 32.6 Å². The van der Waals surface area contributed by atoms with E-state index >= 15 is 0 Å². The molecule has 1 heterocycles. The molecular weight excluding hydrogens is 384 g/mol. The van der Waals surface area contributed by atoms with Gasteiger partial charge in [-0.3, -0.25) is 9.59 Å². The summed E-state index contributed by atoms with van der Waals surface area (Å²) in [5.41, 5.74) is 1.28. The van der Waals surface area contributed by atoms with E-state index in [0.717, 1.165) is 25.9 Å². The van der Waals surface area contributed by atoms with Crippen LogP contribution in [0, 0.1) is 5.92 Å². The quantitative estimate of drug-likeness (QED) is 0.780. The number of hydrogen-bond donors (Lipinski definition) is 1. The number of nitrogens with one attached hydrogen (secondary N) is 1. The smallest absolute Gasteiger partial charge is 0.255 e. The van der Waals surface area contributed by atoms with E-state index in [1.165, 1.54) is 21.3 Å². The molecule has 160 valence electrons. The lowest BCUT2D eigenvalue weighted by Gasteiger charge is -2.30. The molecular formula is C23H28N2O5. The summed E-state index contributed by atoms with van der Waals surface area (Å²) in [5.74, 6) is 1.36. The summed E-state index contributed by atoms with van der Waals surface area (Å²) in [4.78, 5) is 27.9. The number of ether oxygens (including phenoxy) is 3. The number of piperidine rings is 1. The minimum Gasteiger partial charge on any atom is -0.493 e. The minimum atomic E-state index is -0.373. The van der Waals surface area contributed by atoms with E-state index in [2.05, 4.69) is 12.2 Å². The third-order valence-electron chi connectivity index (χ3n) is 5.40. The highest BCUT2D eigenvalue weighted by Gasteiger charge is 2.24. The Bertz CT molecular complexity index is 895. The van der Waals surface area contributed by atoms with Crippen LogP contribution in [0.2, 0.25) is 0 Å². The molecule has 3 rings (SSSR count). The summed E-state index contributed by atoms with van der Waals surface area (Å²) in [7, 11) is 4.49. The van der Waals surface area contributed by atoms with Gasteiger partial charge in [0.25, 0.3) is 11.8 Å². The van der Waals surface area contributed by atoms with Crippen LogP contribution in [0.5, 0.6) is 17.2 Å². The van der Waals surface area contributed by atoms with Gasteiger partial charge in [-0.1, -0.05) is 19.1 Å². The number of amides is 2. The summed E-state index contributed by atoms with van der Waals surface area (Å²) < 4.78 is 16.0. The van der Waals surface area contributed by atoms with Crippen LogP contribution in [0.1, 0.15) is 40.5 Å². The zero-order valence-corrected chi connectivity index (χ0v) is 17.9. The molecule has 1 aliphatic rings. The molecule has 0 radical (unpaired) electrons. The molecule has 1 N–H and O–H groups in total. The Labute approximate surface area is 176 Å². The number of anilines is 1. The normalized spacial score (nSPS) is 14.2. The molecule has 7 heteroatoms. The van der Waals surface area contributed by atoms with Gasteiger partial charge in [0.15, 0.2) is 11.5 Å². The monoisotopic (exact) mass is 412 g/mol. The number of carbonyl (C=O) groups excluding carboxylic acids is 2. The van der Waals surface area contributed by atoms with Crippen molar-refractivity contribution in [2.45, 2.75) is 19.8 Å². The molecule has 2 aromatic rings. The largest absolute Gasteiger partial charge is 0.493 e. The molecule has 0 spiro atoms. The summed E-state index contributed by atoms with van der Waals surface area (Å²) in [6.07, 6.45) is 1.98. The van der Waals surface area contributed by atoms with E-state index in [4.69, 9.17) is 14.2 Å². The zero-order valence-electron chi connectivity index (χ0n) is 17.9. The van der Waals surface area contributed by atoms with Crippen molar-refractivity contribution in [3.8, 4) is 17.2 Å². The number of methoxy groups -OCH3 is 3. The maximum atomic E-state index is 13.0. The van der Waals surface area contributed by atoms with E-state index < -0.39 is 0 Å². The van der Waals surface area contributed by atoms with Gasteiger partial charge in [0, 0.05) is 18.7 Å². The topological polar surface area (TPSA) is 77.1 Å². The molecule has 1 fully saturated rings. The first-order chi connectivity index (χ1) is 14.5. The molecule has 0 aliphatic carbocycles. The Balaban J connectivity index is 1.85. The van der Waals surface area contributed by atoms with E-state index in [9.17, 15) is 9.59 Å². The lowest BCUT2D eigenvalue weighted by atomic mass is 9.98. The Kier molecular flexibility index (Phi) is 6.82. The highest BCUT2D eigenvalue weighted by molar-refractivity contribution is 6.09. The van der Waals surface area contributed by atoms with Gasteiger partial charge in [-0.2, -0.15) is 0 Å². The molecule has 1 aliphatic heterocycles. The van der Waals surface area contributed by atoms with Crippen molar-refractivity contribution < 1.29 is 23.8 Å². The van der Waals surface area contributed by atoms with Crippen molar-refractivity contribution in [3.63, 3.8) is 0 Å². The second-order valence-electron chi connectivity index (χ2n) is 7.39. The molecule has 7 nitrogen and oxygen atoms in total. The third kappa shape index (κ3) is 4.50. The lowest BCUT2D eigenvalue weighted by Crippen LogP contribution is -2.38. The molecule has 0 saturated carbocycles. The lowest BCUT2D eigenvalue weighted by molar-refractivity contribution is 0.0698. The standard InChI is InChI=1S/C23H28N2O5/c1-15-9-11-25(12-10-15)23(27)17-7-5-6-8-18(17)24-22(26)16-13-19(28-2)21(30-4)20(14-16)29-3/h5-8,13-15H,9-12H2,1-4H3,(H,24,26). The Morgan fingerprint density at radius 1 is 0.967 bits per heavy atom. The molecule has 30 heavy (non-hydrogen) atoms. The third-order valence-corrected chi connectivity index (χ3v) is 5.40. The first-order valence-corrected chi connectivity index (χ1v) is 9.98. The predicted octanol–water partition coefficient (Wildman–Crippen LogP) is 3.84. The van der Waals surface area contributed by atoms with Crippen LogP contribution in [-0.4, -0.2) is 51.1 Å². The number of para-hydroxylation sites is 1. The number of hydrogen-bond acceptors (Lipinski definition) is 5. The first-order valence-electron chi connectivity index (χ1n) is 9.98. The van der Waals surface area contributed by atoms with Crippen LogP contribution in [-0.2, 0) is 0 Å². The molecule has 2 amide bonds. The predicted molar refractivity (Wildman–Crippen MR) is 115 cm³/mol. The van der Waals surface area contributed by atoms with Crippen LogP contribution >= 0.6 is 0 Å². The zero-order chi connectivity index (χ0) is 21.7. The molecule has 0 aromatic heterocycles. The van der Waals surface area contributed by atoms with Crippen molar-refractivity contribution in [1.29, 1.82) is 0 Å². The number of rotatable bonds is 6. The maximum absolute atomic E-state index is 13.0. The molecule has 0 unspecified atom stereocenters. The van der Waals surface area contributed by atoms with Crippen molar-refractivity contribution >= 4 is 17.5 Å². The van der Waals surface area contributed by atoms with E-state index in [1.54, 1.807) is 36.4 Å². The van der Waals surface area contributed by atoms with Gasteiger partial charge < -0.3 is 24.4 Å². The van der Waals surface area contributed by atoms with E-state index in [0.29, 0.717) is 40.0 Å². The number of likely N-dealkylation sites (tertiary alicyclic amines) is 1. The molecule has 0 bridgehead atoms. The Morgan fingerprint density at radius 3 is 2.13 bits per heavy atom. The SMILES string of the molecule is COc1cc(C(=O)Nc2ccccc2C(=O)N2CCC(C)CC2)cc(OC)c1OC. The van der Waals surface area contributed by atoms with Gasteiger partial charge in [0.2, 0.25) is 5.75 Å². The fourth-order valence-corrected chi connectivity index (χ4v) is 3.57. The maximum Gasteiger partial charge on any atom is 0.255 e. The van der Waals surface area contributed by atoms with Gasteiger partial charge >= 0.3 is 0 Å². The number of nitrogens with zero attached hydrogens (tertiary/aromatic N) is 1. The van der Waals surface area contributed by atoms with Crippen molar-refractivity contribution in [2.24, 2.45) is 5.92 Å². The van der Waals surface area contributed by atoms with Gasteiger partial charge in [-0.05, 0) is 43.0 Å². The van der Waals surface area contributed by atoms with Crippen LogP contribution in [0.15, 0.2) is 36.4 Å². The van der Waals surface area contributed by atoms with E-state index in [-0.39, 0.29) is 11.8 Å². The fraction of sp³-hybridized carbons (Fsp3) is 0.391. The van der Waals surface area contributed by atoms with Crippen molar-refractivity contribution in [1.82, 2.24) is 4.90 Å². The second kappa shape index (κ2) is 9.52. The van der Waals surface area contributed by atoms with Crippen molar-refractivity contribution in [3.05, 3.63) is 47.5 Å². The summed E-state index contributed by atoms with van der Waals surface area (Å²) >= 11 is 0. The summed E-state index contributed by atoms with van der Waals surface area (Å²) in [6.45, 7) is 3.66. The molecule has 1 saturated heterocycles. The average molecular weight is 412 g/mol. The highest BCUT2D eigenvalue weighted by atomic mass is 16.5. The van der Waals surface area contributed by atoms with E-state index in [1.807, 2.05) is 4.90 Å². The first kappa shape index (κ1) is 21.5. The summed E-state index contributed by atoms with van der Waals surface area (Å²) in [5, 5.41) is 2.86. The number of carbonyl (C=O) groups is 2. The van der Waals surface area contributed by atoms with Crippen LogP contribution in [0.25, 0.3) is 0 Å². The van der Waals surface area contributed by atoms with Crippen molar-refractivity contribution in [2.75, 3.05) is 39.7 Å². The van der Waals surface area contributed by atoms with Crippen LogP contribution < -0.4 is 19.5 Å². The average Bonchev–Trinajstić information content (AvgIpc) is 2.78. The van der Waals surface area contributed by atoms with Gasteiger partial charge in [-0.25, -0.2) is 0 Å². The summed E-state index contributed by atoms with van der Waals surface area (Å²) in [6, 6.07) is 10.2. The van der Waals surface area contributed by atoms with Crippen LogP contribution in [0.4, 0.5) is 5.69 Å². The Hall–Kier alpha value is -3.22. The van der Waals surface area contributed by atoms with Gasteiger partial charge in [-0.15, -0.1) is 0 Å². The molecule has 2 aromatic carbocycles. The highest BCUT2D eigenvalue weighted by Crippen LogP contribution is 2.38. The van der Waals surface area contributed by atoms with Crippen LogP contribution in [0.3, 0.4) is 0 Å².